The summed E-state index contributed by atoms with van der Waals surface area (Å²) in [5.74, 6) is -0.735. The van der Waals surface area contributed by atoms with Crippen LogP contribution in [0.2, 0.25) is 0 Å². The number of pyridine rings is 1. The highest BCUT2D eigenvalue weighted by atomic mass is 16.5. The normalized spacial score (nSPS) is 13.9. The van der Waals surface area contributed by atoms with Gasteiger partial charge < -0.3 is 19.7 Å². The van der Waals surface area contributed by atoms with Crippen LogP contribution < -0.4 is 15.1 Å². The van der Waals surface area contributed by atoms with Crippen molar-refractivity contribution in [3.63, 3.8) is 0 Å². The molecule has 4 rings (SSSR count). The average molecular weight is 366 g/mol. The number of nitrogens with one attached hydrogen (secondary N) is 1. The van der Waals surface area contributed by atoms with E-state index in [0.29, 0.717) is 11.3 Å². The summed E-state index contributed by atoms with van der Waals surface area (Å²) in [6.45, 7) is 1.88. The molecule has 0 atom stereocenters. The molecule has 2 N–H and O–H groups in total. The largest absolute Gasteiger partial charge is 0.477 e. The number of carbonyl (C=O) groups is 1. The zero-order valence-corrected chi connectivity index (χ0v) is 14.5. The predicted octanol–water partition coefficient (Wildman–Crippen LogP) is 2.20. The molecule has 3 aromatic rings. The lowest BCUT2D eigenvalue weighted by atomic mass is 10.2. The highest BCUT2D eigenvalue weighted by Crippen LogP contribution is 2.26. The van der Waals surface area contributed by atoms with Crippen LogP contribution >= 0.6 is 0 Å². The number of aromatic carboxylic acids is 1. The number of H-pyrrole nitrogens is 1. The summed E-state index contributed by atoms with van der Waals surface area (Å²) in [4.78, 5) is 37.5. The maximum absolute atomic E-state index is 12.6. The molecule has 27 heavy (non-hydrogen) atoms. The smallest absolute Gasteiger partial charge is 0.341 e. The molecule has 1 fully saturated rings. The first kappa shape index (κ1) is 17.0. The van der Waals surface area contributed by atoms with Gasteiger partial charge in [-0.2, -0.15) is 9.97 Å². The molecule has 0 bridgehead atoms. The minimum absolute atomic E-state index is 0.0230. The van der Waals surface area contributed by atoms with Crippen LogP contribution in [0.4, 0.5) is 5.82 Å². The quantitative estimate of drug-likeness (QED) is 0.712. The fourth-order valence-corrected chi connectivity index (χ4v) is 3.17. The van der Waals surface area contributed by atoms with Gasteiger partial charge in [0, 0.05) is 19.3 Å². The SMILES string of the molecule is O=C(O)c1c[nH]c2c(N3CCCC3)nc(OCc3ccccc3)nc2c1=O. The van der Waals surface area contributed by atoms with Crippen LogP contribution in [-0.4, -0.2) is 39.1 Å². The van der Waals surface area contributed by atoms with Crippen molar-refractivity contribution in [2.75, 3.05) is 18.0 Å². The van der Waals surface area contributed by atoms with Crippen molar-refractivity contribution in [1.29, 1.82) is 0 Å². The van der Waals surface area contributed by atoms with Gasteiger partial charge in [-0.05, 0) is 18.4 Å². The fraction of sp³-hybridized carbons (Fsp3) is 0.263. The number of nitrogens with zero attached hydrogens (tertiary/aromatic N) is 3. The molecular formula is C19H18N4O4. The minimum Gasteiger partial charge on any atom is -0.477 e. The Labute approximate surface area is 154 Å². The van der Waals surface area contributed by atoms with Crippen LogP contribution in [0.25, 0.3) is 11.0 Å². The van der Waals surface area contributed by atoms with E-state index in [4.69, 9.17) is 4.74 Å². The van der Waals surface area contributed by atoms with Crippen LogP contribution in [0, 0.1) is 0 Å². The lowest BCUT2D eigenvalue weighted by Gasteiger charge is -2.18. The van der Waals surface area contributed by atoms with Crippen LogP contribution in [0.1, 0.15) is 28.8 Å². The van der Waals surface area contributed by atoms with Gasteiger partial charge in [0.1, 0.15) is 23.2 Å². The van der Waals surface area contributed by atoms with E-state index in [1.165, 1.54) is 6.20 Å². The van der Waals surface area contributed by atoms with Gasteiger partial charge in [-0.3, -0.25) is 4.79 Å². The third kappa shape index (κ3) is 3.33. The Hall–Kier alpha value is -3.42. The molecule has 0 aliphatic carbocycles. The molecule has 138 valence electrons. The first-order valence-corrected chi connectivity index (χ1v) is 8.72. The summed E-state index contributed by atoms with van der Waals surface area (Å²) in [7, 11) is 0. The number of carboxylic acids is 1. The number of hydrogen-bond donors (Lipinski definition) is 2. The zero-order valence-electron chi connectivity index (χ0n) is 14.5. The molecule has 0 amide bonds. The third-order valence-corrected chi connectivity index (χ3v) is 4.54. The molecule has 1 aliphatic heterocycles. The van der Waals surface area contributed by atoms with Gasteiger partial charge in [-0.15, -0.1) is 0 Å². The zero-order chi connectivity index (χ0) is 18.8. The van der Waals surface area contributed by atoms with Crippen LogP contribution in [0.5, 0.6) is 6.01 Å². The second-order valence-electron chi connectivity index (χ2n) is 6.36. The van der Waals surface area contributed by atoms with Gasteiger partial charge >= 0.3 is 12.0 Å². The summed E-state index contributed by atoms with van der Waals surface area (Å²) in [5.41, 5.74) is 0.386. The van der Waals surface area contributed by atoms with Crippen LogP contribution in [0.3, 0.4) is 0 Å². The second kappa shape index (κ2) is 7.06. The lowest BCUT2D eigenvalue weighted by Crippen LogP contribution is -2.23. The van der Waals surface area contributed by atoms with Crippen molar-refractivity contribution in [2.24, 2.45) is 0 Å². The first-order chi connectivity index (χ1) is 13.1. The Morgan fingerprint density at radius 3 is 2.63 bits per heavy atom. The number of anilines is 1. The number of ether oxygens (including phenoxy) is 1. The molecule has 8 nitrogen and oxygen atoms in total. The van der Waals surface area contributed by atoms with E-state index in [1.54, 1.807) is 0 Å². The molecule has 1 aromatic carbocycles. The molecule has 3 heterocycles. The number of aromatic amines is 1. The maximum atomic E-state index is 12.6. The fourth-order valence-electron chi connectivity index (χ4n) is 3.17. The van der Waals surface area contributed by atoms with Crippen molar-refractivity contribution in [2.45, 2.75) is 19.4 Å². The van der Waals surface area contributed by atoms with Crippen molar-refractivity contribution in [1.82, 2.24) is 15.0 Å². The van der Waals surface area contributed by atoms with Gasteiger partial charge in [0.25, 0.3) is 0 Å². The van der Waals surface area contributed by atoms with Crippen LogP contribution in [-0.2, 0) is 6.61 Å². The standard InChI is InChI=1S/C19H18N4O4/c24-16-13(18(25)26)10-20-15-14(16)21-19(22-17(15)23-8-4-5-9-23)27-11-12-6-2-1-3-7-12/h1-3,6-7,10H,4-5,8-9,11H2,(H,20,24)(H,25,26). The van der Waals surface area contributed by atoms with Crippen LogP contribution in [0.15, 0.2) is 41.3 Å². The minimum atomic E-state index is -1.30. The molecule has 8 heteroatoms. The Morgan fingerprint density at radius 1 is 1.19 bits per heavy atom. The van der Waals surface area contributed by atoms with E-state index < -0.39 is 11.4 Å². The number of hydrogen-bond acceptors (Lipinski definition) is 6. The molecular weight excluding hydrogens is 348 g/mol. The highest BCUT2D eigenvalue weighted by Gasteiger charge is 2.22. The monoisotopic (exact) mass is 366 g/mol. The van der Waals surface area contributed by atoms with Crippen molar-refractivity contribution in [3.05, 3.63) is 57.9 Å². The topological polar surface area (TPSA) is 108 Å². The summed E-state index contributed by atoms with van der Waals surface area (Å²) < 4.78 is 5.71. The number of rotatable bonds is 5. The number of aromatic nitrogens is 3. The Bertz CT molecular complexity index is 1040. The summed E-state index contributed by atoms with van der Waals surface area (Å²) in [6.07, 6.45) is 3.26. The van der Waals surface area contributed by atoms with E-state index in [1.807, 2.05) is 30.3 Å². The third-order valence-electron chi connectivity index (χ3n) is 4.54. The molecule has 0 radical (unpaired) electrons. The van der Waals surface area contributed by atoms with Gasteiger partial charge in [0.05, 0.1) is 0 Å². The van der Waals surface area contributed by atoms with Gasteiger partial charge in [-0.25, -0.2) is 4.79 Å². The summed E-state index contributed by atoms with van der Waals surface area (Å²) >= 11 is 0. The number of carboxylic acid groups (broad SMARTS) is 1. The maximum Gasteiger partial charge on any atom is 0.341 e. The Balaban J connectivity index is 1.79. The van der Waals surface area contributed by atoms with Crippen molar-refractivity contribution < 1.29 is 14.6 Å². The molecule has 2 aromatic heterocycles. The van der Waals surface area contributed by atoms with E-state index in [-0.39, 0.29) is 23.7 Å². The molecule has 0 spiro atoms. The lowest BCUT2D eigenvalue weighted by molar-refractivity contribution is 0.0695. The van der Waals surface area contributed by atoms with Crippen molar-refractivity contribution in [3.8, 4) is 6.01 Å². The van der Waals surface area contributed by atoms with Gasteiger partial charge in [0.2, 0.25) is 5.43 Å². The molecule has 0 saturated carbocycles. The molecule has 1 aliphatic rings. The van der Waals surface area contributed by atoms with E-state index in [9.17, 15) is 14.7 Å². The van der Waals surface area contributed by atoms with E-state index in [0.717, 1.165) is 31.5 Å². The molecule has 0 unspecified atom stereocenters. The number of fused-ring (bicyclic) bond motifs is 1. The van der Waals surface area contributed by atoms with Gasteiger partial charge in [-0.1, -0.05) is 30.3 Å². The first-order valence-electron chi connectivity index (χ1n) is 8.72. The average Bonchev–Trinajstić information content (AvgIpc) is 3.21. The number of benzene rings is 1. The predicted molar refractivity (Wildman–Crippen MR) is 99.3 cm³/mol. The summed E-state index contributed by atoms with van der Waals surface area (Å²) in [5, 5.41) is 9.22. The van der Waals surface area contributed by atoms with E-state index >= 15 is 0 Å². The Morgan fingerprint density at radius 2 is 1.93 bits per heavy atom. The van der Waals surface area contributed by atoms with Crippen molar-refractivity contribution >= 4 is 22.8 Å². The Kier molecular flexibility index (Phi) is 4.45. The highest BCUT2D eigenvalue weighted by molar-refractivity contribution is 5.94. The summed E-state index contributed by atoms with van der Waals surface area (Å²) in [6, 6.07) is 9.60. The molecule has 1 saturated heterocycles. The van der Waals surface area contributed by atoms with Gasteiger partial charge in [0.15, 0.2) is 5.82 Å². The second-order valence-corrected chi connectivity index (χ2v) is 6.36. The van der Waals surface area contributed by atoms with E-state index in [2.05, 4.69) is 19.9 Å².